The molecule has 0 aliphatic heterocycles. The van der Waals surface area contributed by atoms with Gasteiger partial charge in [-0.25, -0.2) is 28.1 Å². The van der Waals surface area contributed by atoms with Crippen molar-refractivity contribution in [2.75, 3.05) is 14.2 Å². The molecule has 12 heteroatoms. The molecule has 0 saturated carbocycles. The summed E-state index contributed by atoms with van der Waals surface area (Å²) in [6.07, 6.45) is 1.44. The minimum atomic E-state index is -1.09. The highest BCUT2D eigenvalue weighted by Crippen LogP contribution is 2.37. The molecular formula is C20H14BrClF2N4O4. The fraction of sp³-hybridized carbons (Fsp3) is 0.150. The number of benzene rings is 2. The summed E-state index contributed by atoms with van der Waals surface area (Å²) in [5.74, 6) is -1.67. The smallest absolute Gasteiger partial charge is 0.333 e. The highest BCUT2D eigenvalue weighted by Gasteiger charge is 2.20. The SMILES string of the molecule is COc1cc(Cl)c(-n2c(=O)[nH]c3ncc(Br)nc32)cc1OCc1c(OC)ccc(F)c1F. The monoisotopic (exact) mass is 526 g/mol. The topological polar surface area (TPSA) is 91.3 Å². The number of aromatic amines is 1. The molecule has 0 spiro atoms. The number of aromatic nitrogens is 4. The number of hydrogen-bond donors (Lipinski definition) is 1. The first-order valence-corrected chi connectivity index (χ1v) is 10.2. The Morgan fingerprint density at radius 1 is 1.16 bits per heavy atom. The summed E-state index contributed by atoms with van der Waals surface area (Å²) in [5, 5.41) is 0.161. The van der Waals surface area contributed by atoms with Crippen LogP contribution in [0.3, 0.4) is 0 Å². The molecule has 1 N–H and O–H groups in total. The highest BCUT2D eigenvalue weighted by molar-refractivity contribution is 9.10. The zero-order valence-corrected chi connectivity index (χ0v) is 18.9. The molecule has 4 aromatic rings. The fourth-order valence-electron chi connectivity index (χ4n) is 3.10. The molecule has 0 aliphatic rings. The second-order valence-electron chi connectivity index (χ2n) is 6.42. The maximum Gasteiger partial charge on any atom is 0.333 e. The number of ether oxygens (including phenoxy) is 3. The maximum atomic E-state index is 14.3. The highest BCUT2D eigenvalue weighted by atomic mass is 79.9. The quantitative estimate of drug-likeness (QED) is 0.400. The van der Waals surface area contributed by atoms with Crippen LogP contribution in [-0.4, -0.2) is 33.7 Å². The largest absolute Gasteiger partial charge is 0.496 e. The Kier molecular flexibility index (Phi) is 6.02. The van der Waals surface area contributed by atoms with Crippen LogP contribution in [0.15, 0.2) is 39.9 Å². The lowest BCUT2D eigenvalue weighted by Crippen LogP contribution is -2.16. The summed E-state index contributed by atoms with van der Waals surface area (Å²) in [6.45, 7) is -0.377. The Morgan fingerprint density at radius 2 is 1.91 bits per heavy atom. The lowest BCUT2D eigenvalue weighted by atomic mass is 10.2. The van der Waals surface area contributed by atoms with Gasteiger partial charge in [0, 0.05) is 12.1 Å². The first kappa shape index (κ1) is 22.0. The van der Waals surface area contributed by atoms with Crippen molar-refractivity contribution in [3.05, 3.63) is 67.8 Å². The minimum Gasteiger partial charge on any atom is -0.496 e. The van der Waals surface area contributed by atoms with E-state index in [1.54, 1.807) is 0 Å². The van der Waals surface area contributed by atoms with Crippen molar-refractivity contribution in [1.29, 1.82) is 0 Å². The van der Waals surface area contributed by atoms with E-state index < -0.39 is 17.3 Å². The van der Waals surface area contributed by atoms with E-state index in [9.17, 15) is 13.6 Å². The second kappa shape index (κ2) is 8.75. The number of methoxy groups -OCH3 is 2. The van der Waals surface area contributed by atoms with E-state index in [4.69, 9.17) is 25.8 Å². The fourth-order valence-corrected chi connectivity index (χ4v) is 3.61. The summed E-state index contributed by atoms with van der Waals surface area (Å²) >= 11 is 9.62. The van der Waals surface area contributed by atoms with Crippen LogP contribution in [0.25, 0.3) is 17.0 Å². The Morgan fingerprint density at radius 3 is 2.62 bits per heavy atom. The lowest BCUT2D eigenvalue weighted by molar-refractivity contribution is 0.270. The van der Waals surface area contributed by atoms with Crippen LogP contribution in [0.2, 0.25) is 5.02 Å². The molecule has 0 fully saturated rings. The van der Waals surface area contributed by atoms with Crippen LogP contribution < -0.4 is 19.9 Å². The van der Waals surface area contributed by atoms with E-state index in [-0.39, 0.29) is 51.4 Å². The lowest BCUT2D eigenvalue weighted by Gasteiger charge is -2.16. The van der Waals surface area contributed by atoms with Gasteiger partial charge < -0.3 is 14.2 Å². The van der Waals surface area contributed by atoms with E-state index in [0.717, 1.165) is 6.07 Å². The molecule has 8 nitrogen and oxygen atoms in total. The van der Waals surface area contributed by atoms with Gasteiger partial charge in [-0.05, 0) is 28.1 Å². The first-order valence-electron chi connectivity index (χ1n) is 8.99. The molecule has 2 aromatic heterocycles. The number of H-pyrrole nitrogens is 1. The first-order chi connectivity index (χ1) is 15.3. The molecule has 2 heterocycles. The third-order valence-electron chi connectivity index (χ3n) is 4.58. The standard InChI is InChI=1S/C20H14BrClF2N4O4/c1-30-13-4-3-11(23)17(24)9(13)8-32-15-6-12(10(22)5-14(15)31-2)28-19-18(27-20(28)29)25-7-16(21)26-19/h3-7H,8H2,1-2H3,(H,25,27,29). The van der Waals surface area contributed by atoms with E-state index >= 15 is 0 Å². The van der Waals surface area contributed by atoms with E-state index in [2.05, 4.69) is 30.9 Å². The van der Waals surface area contributed by atoms with Crippen molar-refractivity contribution >= 4 is 38.8 Å². The van der Waals surface area contributed by atoms with Gasteiger partial charge in [0.25, 0.3) is 0 Å². The summed E-state index contributed by atoms with van der Waals surface area (Å²) in [4.78, 5) is 23.6. The third-order valence-corrected chi connectivity index (χ3v) is 5.27. The number of imidazole rings is 1. The van der Waals surface area contributed by atoms with E-state index in [1.165, 1.54) is 43.2 Å². The molecule has 0 radical (unpaired) electrons. The average Bonchev–Trinajstić information content (AvgIpc) is 3.09. The van der Waals surface area contributed by atoms with Gasteiger partial charge in [0.2, 0.25) is 0 Å². The number of nitrogens with one attached hydrogen (secondary N) is 1. The van der Waals surface area contributed by atoms with Crippen molar-refractivity contribution in [2.45, 2.75) is 6.61 Å². The van der Waals surface area contributed by atoms with Crippen LogP contribution >= 0.6 is 27.5 Å². The Bertz CT molecular complexity index is 1390. The molecular weight excluding hydrogens is 514 g/mol. The molecule has 166 valence electrons. The molecule has 0 aliphatic carbocycles. The Balaban J connectivity index is 1.80. The molecule has 0 unspecified atom stereocenters. The summed E-state index contributed by atoms with van der Waals surface area (Å²) in [6, 6.07) is 5.12. The summed E-state index contributed by atoms with van der Waals surface area (Å²) < 4.78 is 45.8. The zero-order chi connectivity index (χ0) is 23.0. The zero-order valence-electron chi connectivity index (χ0n) is 16.6. The number of nitrogens with zero attached hydrogens (tertiary/aromatic N) is 3. The van der Waals surface area contributed by atoms with Crippen molar-refractivity contribution in [3.63, 3.8) is 0 Å². The average molecular weight is 528 g/mol. The minimum absolute atomic E-state index is 0.116. The summed E-state index contributed by atoms with van der Waals surface area (Å²) in [5.41, 5.74) is 0.0382. The van der Waals surface area contributed by atoms with E-state index in [0.29, 0.717) is 4.60 Å². The van der Waals surface area contributed by atoms with Gasteiger partial charge >= 0.3 is 5.69 Å². The third kappa shape index (κ3) is 3.89. The number of rotatable bonds is 6. The van der Waals surface area contributed by atoms with Crippen molar-refractivity contribution in [1.82, 2.24) is 19.5 Å². The van der Waals surface area contributed by atoms with Crippen LogP contribution in [0.4, 0.5) is 8.78 Å². The van der Waals surface area contributed by atoms with Crippen molar-refractivity contribution in [3.8, 4) is 22.9 Å². The number of fused-ring (bicyclic) bond motifs is 1. The molecule has 0 bridgehead atoms. The van der Waals surface area contributed by atoms with Gasteiger partial charge in [0.05, 0.1) is 36.7 Å². The predicted molar refractivity (Wildman–Crippen MR) is 116 cm³/mol. The van der Waals surface area contributed by atoms with Crippen LogP contribution in [0.5, 0.6) is 17.2 Å². The van der Waals surface area contributed by atoms with Gasteiger partial charge in [-0.3, -0.25) is 4.98 Å². The molecule has 0 atom stereocenters. The molecule has 2 aromatic carbocycles. The Hall–Kier alpha value is -3.18. The molecule has 4 rings (SSSR count). The van der Waals surface area contributed by atoms with Crippen LogP contribution in [0, 0.1) is 11.6 Å². The maximum absolute atomic E-state index is 14.3. The van der Waals surface area contributed by atoms with Crippen molar-refractivity contribution in [2.24, 2.45) is 0 Å². The van der Waals surface area contributed by atoms with E-state index in [1.807, 2.05) is 0 Å². The van der Waals surface area contributed by atoms with Gasteiger partial charge in [-0.15, -0.1) is 0 Å². The molecule has 32 heavy (non-hydrogen) atoms. The van der Waals surface area contributed by atoms with Crippen molar-refractivity contribution < 1.29 is 23.0 Å². The van der Waals surface area contributed by atoms with Crippen LogP contribution in [0.1, 0.15) is 5.56 Å². The molecule has 0 saturated heterocycles. The van der Waals surface area contributed by atoms with Gasteiger partial charge in [0.15, 0.2) is 34.4 Å². The van der Waals surface area contributed by atoms with Crippen LogP contribution in [-0.2, 0) is 6.61 Å². The Labute approximate surface area is 192 Å². The second-order valence-corrected chi connectivity index (χ2v) is 7.64. The number of halogens is 4. The predicted octanol–water partition coefficient (Wildman–Crippen LogP) is 4.40. The molecule has 0 amide bonds. The van der Waals surface area contributed by atoms with Gasteiger partial charge in [-0.1, -0.05) is 11.6 Å². The van der Waals surface area contributed by atoms with Gasteiger partial charge in [0.1, 0.15) is 17.0 Å². The van der Waals surface area contributed by atoms with Gasteiger partial charge in [-0.2, -0.15) is 0 Å². The summed E-state index contributed by atoms with van der Waals surface area (Å²) in [7, 11) is 2.72. The number of hydrogen-bond acceptors (Lipinski definition) is 6. The normalized spacial score (nSPS) is 11.1.